The van der Waals surface area contributed by atoms with Gasteiger partial charge >= 0.3 is 5.97 Å². The fraction of sp³-hybridized carbons (Fsp3) is 0.316. The van der Waals surface area contributed by atoms with Crippen LogP contribution in [-0.2, 0) is 20.9 Å². The summed E-state index contributed by atoms with van der Waals surface area (Å²) in [7, 11) is 0. The van der Waals surface area contributed by atoms with Gasteiger partial charge in [-0.25, -0.2) is 9.18 Å². The SMILES string of the molecule is CC(COc1cccc(F)c1)OC(=O)C(C)OCc1ccccc1. The molecule has 4 nitrogen and oxygen atoms in total. The van der Waals surface area contributed by atoms with E-state index in [2.05, 4.69) is 0 Å². The van der Waals surface area contributed by atoms with Crippen LogP contribution in [0.3, 0.4) is 0 Å². The number of ether oxygens (including phenoxy) is 3. The average Bonchev–Trinajstić information content (AvgIpc) is 2.59. The third kappa shape index (κ3) is 6.01. The first-order chi connectivity index (χ1) is 11.5. The first-order valence-electron chi connectivity index (χ1n) is 7.79. The van der Waals surface area contributed by atoms with Gasteiger partial charge in [0.1, 0.15) is 24.3 Å². The van der Waals surface area contributed by atoms with Crippen molar-refractivity contribution in [1.29, 1.82) is 0 Å². The molecule has 0 saturated carbocycles. The Kier molecular flexibility index (Phi) is 6.75. The Hall–Kier alpha value is -2.40. The summed E-state index contributed by atoms with van der Waals surface area (Å²) in [4.78, 5) is 12.0. The second-order valence-corrected chi connectivity index (χ2v) is 5.45. The van der Waals surface area contributed by atoms with Crippen molar-refractivity contribution in [2.45, 2.75) is 32.7 Å². The molecule has 0 aliphatic heterocycles. The molecule has 0 aliphatic carbocycles. The molecule has 2 aromatic rings. The summed E-state index contributed by atoms with van der Waals surface area (Å²) in [5, 5.41) is 0. The van der Waals surface area contributed by atoms with Crippen molar-refractivity contribution in [2.24, 2.45) is 0 Å². The molecule has 0 heterocycles. The highest BCUT2D eigenvalue weighted by Crippen LogP contribution is 2.13. The van der Waals surface area contributed by atoms with Crippen molar-refractivity contribution in [2.75, 3.05) is 6.61 Å². The van der Waals surface area contributed by atoms with E-state index in [4.69, 9.17) is 14.2 Å². The van der Waals surface area contributed by atoms with E-state index >= 15 is 0 Å². The minimum atomic E-state index is -0.679. The van der Waals surface area contributed by atoms with E-state index in [1.165, 1.54) is 12.1 Å². The lowest BCUT2D eigenvalue weighted by Crippen LogP contribution is -2.29. The van der Waals surface area contributed by atoms with Gasteiger partial charge in [0.05, 0.1) is 6.61 Å². The van der Waals surface area contributed by atoms with Crippen LogP contribution in [0.1, 0.15) is 19.4 Å². The average molecular weight is 332 g/mol. The highest BCUT2D eigenvalue weighted by Gasteiger charge is 2.18. The van der Waals surface area contributed by atoms with Crippen LogP contribution in [0.25, 0.3) is 0 Å². The fourth-order valence-corrected chi connectivity index (χ4v) is 1.96. The molecule has 0 aliphatic rings. The molecule has 128 valence electrons. The summed E-state index contributed by atoms with van der Waals surface area (Å²) in [6.45, 7) is 3.83. The zero-order valence-corrected chi connectivity index (χ0v) is 13.8. The maximum Gasteiger partial charge on any atom is 0.335 e. The maximum absolute atomic E-state index is 13.1. The third-order valence-electron chi connectivity index (χ3n) is 3.27. The predicted octanol–water partition coefficient (Wildman–Crippen LogP) is 3.74. The van der Waals surface area contributed by atoms with Crippen LogP contribution < -0.4 is 4.74 Å². The lowest BCUT2D eigenvalue weighted by molar-refractivity contribution is -0.162. The third-order valence-corrected chi connectivity index (χ3v) is 3.27. The molecule has 0 spiro atoms. The molecule has 0 radical (unpaired) electrons. The van der Waals surface area contributed by atoms with Gasteiger partial charge in [-0.1, -0.05) is 36.4 Å². The monoisotopic (exact) mass is 332 g/mol. The number of benzene rings is 2. The van der Waals surface area contributed by atoms with E-state index in [1.807, 2.05) is 30.3 Å². The minimum Gasteiger partial charge on any atom is -0.490 e. The Labute approximate surface area is 141 Å². The van der Waals surface area contributed by atoms with Crippen LogP contribution in [-0.4, -0.2) is 24.8 Å². The Morgan fingerprint density at radius 1 is 1.08 bits per heavy atom. The fourth-order valence-electron chi connectivity index (χ4n) is 1.96. The standard InChI is InChI=1S/C19H21FO4/c1-14(12-23-18-10-6-9-17(20)11-18)24-19(21)15(2)22-13-16-7-4-3-5-8-16/h3-11,14-15H,12-13H2,1-2H3. The maximum atomic E-state index is 13.1. The van der Waals surface area contributed by atoms with E-state index in [0.29, 0.717) is 12.4 Å². The Bertz CT molecular complexity index is 645. The van der Waals surface area contributed by atoms with Gasteiger partial charge in [-0.3, -0.25) is 0 Å². The number of halogens is 1. The Balaban J connectivity index is 1.72. The summed E-state index contributed by atoms with van der Waals surface area (Å²) in [6, 6.07) is 15.4. The highest BCUT2D eigenvalue weighted by atomic mass is 19.1. The molecular weight excluding hydrogens is 311 g/mol. The van der Waals surface area contributed by atoms with Gasteiger partial charge < -0.3 is 14.2 Å². The summed E-state index contributed by atoms with van der Waals surface area (Å²) in [5.74, 6) is -0.437. The summed E-state index contributed by atoms with van der Waals surface area (Å²) >= 11 is 0. The zero-order chi connectivity index (χ0) is 17.4. The van der Waals surface area contributed by atoms with E-state index < -0.39 is 18.2 Å². The van der Waals surface area contributed by atoms with Gasteiger partial charge in [-0.15, -0.1) is 0 Å². The topological polar surface area (TPSA) is 44.8 Å². The van der Waals surface area contributed by atoms with Crippen molar-refractivity contribution in [3.8, 4) is 5.75 Å². The van der Waals surface area contributed by atoms with Crippen LogP contribution in [0.5, 0.6) is 5.75 Å². The molecule has 0 aromatic heterocycles. The van der Waals surface area contributed by atoms with Crippen molar-refractivity contribution in [3.63, 3.8) is 0 Å². The molecule has 2 aromatic carbocycles. The molecule has 2 atom stereocenters. The first-order valence-corrected chi connectivity index (χ1v) is 7.79. The lowest BCUT2D eigenvalue weighted by atomic mass is 10.2. The van der Waals surface area contributed by atoms with Crippen molar-refractivity contribution in [1.82, 2.24) is 0 Å². The number of esters is 1. The van der Waals surface area contributed by atoms with Gasteiger partial charge in [-0.2, -0.15) is 0 Å². The van der Waals surface area contributed by atoms with Crippen LogP contribution in [0.2, 0.25) is 0 Å². The molecule has 5 heteroatoms. The normalized spacial score (nSPS) is 13.1. The largest absolute Gasteiger partial charge is 0.490 e. The zero-order valence-electron chi connectivity index (χ0n) is 13.8. The van der Waals surface area contributed by atoms with Gasteiger partial charge in [0.25, 0.3) is 0 Å². The lowest BCUT2D eigenvalue weighted by Gasteiger charge is -2.18. The highest BCUT2D eigenvalue weighted by molar-refractivity contribution is 5.74. The summed E-state index contributed by atoms with van der Waals surface area (Å²) in [5.41, 5.74) is 0.986. The smallest absolute Gasteiger partial charge is 0.335 e. The Morgan fingerprint density at radius 2 is 1.83 bits per heavy atom. The number of carbonyl (C=O) groups excluding carboxylic acids is 1. The van der Waals surface area contributed by atoms with E-state index in [1.54, 1.807) is 26.0 Å². The number of carbonyl (C=O) groups is 1. The molecule has 0 N–H and O–H groups in total. The second-order valence-electron chi connectivity index (χ2n) is 5.45. The summed E-state index contributed by atoms with van der Waals surface area (Å²) in [6.07, 6.45) is -1.15. The van der Waals surface area contributed by atoms with Crippen LogP contribution >= 0.6 is 0 Å². The van der Waals surface area contributed by atoms with Crippen LogP contribution in [0.4, 0.5) is 4.39 Å². The predicted molar refractivity (Wildman–Crippen MR) is 88.1 cm³/mol. The van der Waals surface area contributed by atoms with E-state index in [0.717, 1.165) is 5.56 Å². The minimum absolute atomic E-state index is 0.139. The van der Waals surface area contributed by atoms with Gasteiger partial charge in [-0.05, 0) is 31.5 Å². The molecule has 24 heavy (non-hydrogen) atoms. The number of rotatable bonds is 8. The molecular formula is C19H21FO4. The quantitative estimate of drug-likeness (QED) is 0.691. The molecule has 0 fully saturated rings. The van der Waals surface area contributed by atoms with Crippen molar-refractivity contribution < 1.29 is 23.4 Å². The second kappa shape index (κ2) is 9.03. The Morgan fingerprint density at radius 3 is 2.54 bits per heavy atom. The van der Waals surface area contributed by atoms with Gasteiger partial charge in [0.2, 0.25) is 0 Å². The van der Waals surface area contributed by atoms with E-state index in [-0.39, 0.29) is 12.4 Å². The number of hydrogen-bond acceptors (Lipinski definition) is 4. The molecule has 0 bridgehead atoms. The van der Waals surface area contributed by atoms with Gasteiger partial charge in [0, 0.05) is 6.07 Å². The first kappa shape index (κ1) is 17.9. The molecule has 2 rings (SSSR count). The van der Waals surface area contributed by atoms with Crippen molar-refractivity contribution >= 4 is 5.97 Å². The van der Waals surface area contributed by atoms with Crippen LogP contribution in [0.15, 0.2) is 54.6 Å². The van der Waals surface area contributed by atoms with Gasteiger partial charge in [0.15, 0.2) is 6.10 Å². The molecule has 0 amide bonds. The van der Waals surface area contributed by atoms with Crippen molar-refractivity contribution in [3.05, 3.63) is 66.0 Å². The summed E-state index contributed by atoms with van der Waals surface area (Å²) < 4.78 is 29.2. The number of hydrogen-bond donors (Lipinski definition) is 0. The van der Waals surface area contributed by atoms with E-state index in [9.17, 15) is 9.18 Å². The molecule has 0 saturated heterocycles. The molecule has 2 unspecified atom stereocenters. The van der Waals surface area contributed by atoms with Crippen LogP contribution in [0, 0.1) is 5.82 Å².